The van der Waals surface area contributed by atoms with Crippen LogP contribution in [0.3, 0.4) is 0 Å². The first-order chi connectivity index (χ1) is 10.8. The molecule has 5 nitrogen and oxygen atoms in total. The van der Waals surface area contributed by atoms with Crippen LogP contribution in [0.15, 0.2) is 18.2 Å². The van der Waals surface area contributed by atoms with Crippen molar-refractivity contribution in [1.82, 2.24) is 9.88 Å². The van der Waals surface area contributed by atoms with Gasteiger partial charge in [0.25, 0.3) is 0 Å². The van der Waals surface area contributed by atoms with Crippen molar-refractivity contribution >= 4 is 5.82 Å². The van der Waals surface area contributed by atoms with Gasteiger partial charge >= 0.3 is 0 Å². The van der Waals surface area contributed by atoms with Gasteiger partial charge in [-0.05, 0) is 18.1 Å². The second-order valence-electron chi connectivity index (χ2n) is 5.69. The molecule has 1 fully saturated rings. The van der Waals surface area contributed by atoms with Crippen molar-refractivity contribution in [1.29, 1.82) is 5.26 Å². The van der Waals surface area contributed by atoms with E-state index in [0.29, 0.717) is 17.7 Å². The molecular weight excluding hydrogens is 276 g/mol. The van der Waals surface area contributed by atoms with Crippen molar-refractivity contribution in [2.24, 2.45) is 5.92 Å². The van der Waals surface area contributed by atoms with Crippen molar-refractivity contribution in [3.8, 4) is 6.07 Å². The monoisotopic (exact) mass is 302 g/mol. The van der Waals surface area contributed by atoms with Crippen LogP contribution >= 0.6 is 0 Å². The minimum atomic E-state index is 0.454. The minimum absolute atomic E-state index is 0.454. The molecule has 120 valence electrons. The fourth-order valence-electron chi connectivity index (χ4n) is 3.14. The van der Waals surface area contributed by atoms with E-state index < -0.39 is 0 Å². The molecule has 1 atom stereocenters. The zero-order valence-electron chi connectivity index (χ0n) is 13.6. The average Bonchev–Trinajstić information content (AvgIpc) is 2.59. The second-order valence-corrected chi connectivity index (χ2v) is 5.69. The summed E-state index contributed by atoms with van der Waals surface area (Å²) in [6.45, 7) is 9.00. The number of nitriles is 1. The molecule has 0 bridgehead atoms. The van der Waals surface area contributed by atoms with E-state index in [1.165, 1.54) is 12.8 Å². The molecule has 2 heterocycles. The summed E-state index contributed by atoms with van der Waals surface area (Å²) in [7, 11) is 0. The van der Waals surface area contributed by atoms with E-state index in [9.17, 15) is 0 Å². The highest BCUT2D eigenvalue weighted by Crippen LogP contribution is 2.20. The fraction of sp³-hybridized carbons (Fsp3) is 0.647. The molecule has 0 aromatic carbocycles. The number of morpholine rings is 1. The van der Waals surface area contributed by atoms with Crippen molar-refractivity contribution in [2.75, 3.05) is 38.2 Å². The zero-order chi connectivity index (χ0) is 15.8. The van der Waals surface area contributed by atoms with Gasteiger partial charge in [0, 0.05) is 25.7 Å². The maximum absolute atomic E-state index is 8.95. The summed E-state index contributed by atoms with van der Waals surface area (Å²) in [5.41, 5.74) is 0.454. The van der Waals surface area contributed by atoms with Crippen LogP contribution in [-0.4, -0.2) is 48.8 Å². The lowest BCUT2D eigenvalue weighted by Gasteiger charge is -2.39. The number of hydrogen-bond acceptors (Lipinski definition) is 5. The van der Waals surface area contributed by atoms with Crippen molar-refractivity contribution in [2.45, 2.75) is 32.7 Å². The first-order valence-electron chi connectivity index (χ1n) is 8.21. The summed E-state index contributed by atoms with van der Waals surface area (Å²) in [6, 6.07) is 8.08. The standard InChI is InChI=1S/C17H26N4O/c1-3-14(4-2)16(21-8-10-22-11-9-21)13-19-17-7-5-6-15(12-18)20-17/h5-7,14,16H,3-4,8-11,13H2,1-2H3,(H,19,20). The number of nitrogens with one attached hydrogen (secondary N) is 1. The zero-order valence-corrected chi connectivity index (χ0v) is 13.6. The van der Waals surface area contributed by atoms with Crippen LogP contribution in [0.5, 0.6) is 0 Å². The predicted octanol–water partition coefficient (Wildman–Crippen LogP) is 2.50. The number of hydrogen-bond donors (Lipinski definition) is 1. The van der Waals surface area contributed by atoms with E-state index in [1.54, 1.807) is 6.07 Å². The normalized spacial score (nSPS) is 17.2. The van der Waals surface area contributed by atoms with Gasteiger partial charge in [0.05, 0.1) is 13.2 Å². The summed E-state index contributed by atoms with van der Waals surface area (Å²) >= 11 is 0. The van der Waals surface area contributed by atoms with Gasteiger partial charge in [-0.25, -0.2) is 4.98 Å². The second kappa shape index (κ2) is 8.72. The Morgan fingerprint density at radius 3 is 2.68 bits per heavy atom. The summed E-state index contributed by atoms with van der Waals surface area (Å²) in [6.07, 6.45) is 2.34. The Kier molecular flexibility index (Phi) is 6.63. The maximum atomic E-state index is 8.95. The molecule has 1 aromatic rings. The Bertz CT molecular complexity index is 490. The van der Waals surface area contributed by atoms with E-state index >= 15 is 0 Å². The van der Waals surface area contributed by atoms with Crippen LogP contribution < -0.4 is 5.32 Å². The van der Waals surface area contributed by atoms with Crippen LogP contribution in [0.1, 0.15) is 32.4 Å². The molecule has 1 aliphatic rings. The Morgan fingerprint density at radius 2 is 2.05 bits per heavy atom. The third kappa shape index (κ3) is 4.43. The molecule has 0 aliphatic carbocycles. The lowest BCUT2D eigenvalue weighted by molar-refractivity contribution is 0.00487. The number of anilines is 1. The third-order valence-corrected chi connectivity index (χ3v) is 4.46. The summed E-state index contributed by atoms with van der Waals surface area (Å²) < 4.78 is 5.48. The summed E-state index contributed by atoms with van der Waals surface area (Å²) in [5.74, 6) is 1.44. The van der Waals surface area contributed by atoms with E-state index in [4.69, 9.17) is 10.00 Å². The number of rotatable bonds is 7. The molecule has 1 saturated heterocycles. The Balaban J connectivity index is 2.03. The first kappa shape index (κ1) is 16.7. The van der Waals surface area contributed by atoms with Gasteiger partial charge in [0.15, 0.2) is 0 Å². The molecule has 0 radical (unpaired) electrons. The van der Waals surface area contributed by atoms with Crippen molar-refractivity contribution < 1.29 is 4.74 Å². The van der Waals surface area contributed by atoms with Crippen LogP contribution in [-0.2, 0) is 4.74 Å². The first-order valence-corrected chi connectivity index (χ1v) is 8.21. The van der Waals surface area contributed by atoms with Gasteiger partial charge in [-0.2, -0.15) is 5.26 Å². The van der Waals surface area contributed by atoms with Gasteiger partial charge in [-0.3, -0.25) is 4.90 Å². The molecule has 22 heavy (non-hydrogen) atoms. The lowest BCUT2D eigenvalue weighted by atomic mass is 9.92. The molecule has 1 aromatic heterocycles. The topological polar surface area (TPSA) is 61.2 Å². The van der Waals surface area contributed by atoms with E-state index in [-0.39, 0.29) is 0 Å². The van der Waals surface area contributed by atoms with E-state index in [2.05, 4.69) is 35.1 Å². The minimum Gasteiger partial charge on any atom is -0.379 e. The highest BCUT2D eigenvalue weighted by molar-refractivity contribution is 5.38. The molecule has 2 rings (SSSR count). The lowest BCUT2D eigenvalue weighted by Crippen LogP contribution is -2.50. The highest BCUT2D eigenvalue weighted by atomic mass is 16.5. The Hall–Kier alpha value is -1.64. The van der Waals surface area contributed by atoms with E-state index in [1.807, 2.05) is 12.1 Å². The fourth-order valence-corrected chi connectivity index (χ4v) is 3.14. The van der Waals surface area contributed by atoms with Crippen molar-refractivity contribution in [3.63, 3.8) is 0 Å². The van der Waals surface area contributed by atoms with E-state index in [0.717, 1.165) is 38.7 Å². The maximum Gasteiger partial charge on any atom is 0.142 e. The van der Waals surface area contributed by atoms with Crippen molar-refractivity contribution in [3.05, 3.63) is 23.9 Å². The smallest absolute Gasteiger partial charge is 0.142 e. The molecule has 1 aliphatic heterocycles. The molecule has 5 heteroatoms. The SMILES string of the molecule is CCC(CC)C(CNc1cccc(C#N)n1)N1CCOCC1. The van der Waals surface area contributed by atoms with Crippen LogP contribution in [0.2, 0.25) is 0 Å². The van der Waals surface area contributed by atoms with Gasteiger partial charge in [-0.15, -0.1) is 0 Å². The number of aromatic nitrogens is 1. The largest absolute Gasteiger partial charge is 0.379 e. The van der Waals surface area contributed by atoms with Crippen LogP contribution in [0.4, 0.5) is 5.82 Å². The van der Waals surface area contributed by atoms with Gasteiger partial charge in [0.2, 0.25) is 0 Å². The summed E-state index contributed by atoms with van der Waals surface area (Å²) in [5, 5.41) is 12.4. The van der Waals surface area contributed by atoms with Crippen LogP contribution in [0.25, 0.3) is 0 Å². The number of pyridine rings is 1. The van der Waals surface area contributed by atoms with Gasteiger partial charge in [0.1, 0.15) is 17.6 Å². The number of nitrogens with zero attached hydrogens (tertiary/aromatic N) is 3. The number of ether oxygens (including phenoxy) is 1. The quantitative estimate of drug-likeness (QED) is 0.838. The molecule has 0 spiro atoms. The molecule has 0 amide bonds. The molecular formula is C17H26N4O. The molecule has 1 N–H and O–H groups in total. The van der Waals surface area contributed by atoms with Gasteiger partial charge < -0.3 is 10.1 Å². The Labute approximate surface area is 133 Å². The Morgan fingerprint density at radius 1 is 1.32 bits per heavy atom. The average molecular weight is 302 g/mol. The predicted molar refractivity (Wildman–Crippen MR) is 87.7 cm³/mol. The molecule has 1 unspecified atom stereocenters. The highest BCUT2D eigenvalue weighted by Gasteiger charge is 2.26. The summed E-state index contributed by atoms with van der Waals surface area (Å²) in [4.78, 5) is 6.83. The third-order valence-electron chi connectivity index (χ3n) is 4.46. The van der Waals surface area contributed by atoms with Crippen LogP contribution in [0, 0.1) is 17.2 Å². The molecule has 0 saturated carbocycles. The van der Waals surface area contributed by atoms with Gasteiger partial charge in [-0.1, -0.05) is 32.8 Å².